The lowest BCUT2D eigenvalue weighted by molar-refractivity contribution is -0.119. The Balaban J connectivity index is 1.88. The quantitative estimate of drug-likeness (QED) is 0.670. The summed E-state index contributed by atoms with van der Waals surface area (Å²) >= 11 is 5.77. The summed E-state index contributed by atoms with van der Waals surface area (Å²) in [4.78, 5) is 23.5. The van der Waals surface area contributed by atoms with Crippen LogP contribution in [-0.4, -0.2) is 18.5 Å². The first-order valence-corrected chi connectivity index (χ1v) is 6.92. The standard InChI is InChI=1S/C16H15ClN2O3/c1-10-2-5-12(6-3-10)19-15(20)9-22-16(21)11-4-7-13(17)14(18)8-11/h2-8H,9,18H2,1H3,(H,19,20). The van der Waals surface area contributed by atoms with Gasteiger partial charge in [-0.2, -0.15) is 0 Å². The molecule has 0 unspecified atom stereocenters. The maximum atomic E-state index is 11.8. The van der Waals surface area contributed by atoms with Crippen molar-refractivity contribution in [2.75, 3.05) is 17.7 Å². The van der Waals surface area contributed by atoms with Crippen LogP contribution in [0.5, 0.6) is 0 Å². The molecule has 0 bridgehead atoms. The number of hydrogen-bond donors (Lipinski definition) is 2. The van der Waals surface area contributed by atoms with Gasteiger partial charge in [-0.15, -0.1) is 0 Å². The monoisotopic (exact) mass is 318 g/mol. The maximum Gasteiger partial charge on any atom is 0.338 e. The zero-order valence-corrected chi connectivity index (χ0v) is 12.7. The number of amides is 1. The highest BCUT2D eigenvalue weighted by molar-refractivity contribution is 6.33. The van der Waals surface area contributed by atoms with Crippen LogP contribution in [-0.2, 0) is 9.53 Å². The molecule has 2 aromatic rings. The minimum atomic E-state index is -0.637. The van der Waals surface area contributed by atoms with Crippen LogP contribution in [0, 0.1) is 6.92 Å². The summed E-state index contributed by atoms with van der Waals surface area (Å²) in [6.07, 6.45) is 0. The van der Waals surface area contributed by atoms with Crippen molar-refractivity contribution < 1.29 is 14.3 Å². The third-order valence-electron chi connectivity index (χ3n) is 2.90. The molecule has 0 aliphatic carbocycles. The molecule has 114 valence electrons. The molecule has 0 atom stereocenters. The van der Waals surface area contributed by atoms with Gasteiger partial charge in [0.25, 0.3) is 5.91 Å². The number of halogens is 1. The van der Waals surface area contributed by atoms with Gasteiger partial charge in [-0.3, -0.25) is 4.79 Å². The molecule has 0 saturated carbocycles. The van der Waals surface area contributed by atoms with Crippen molar-refractivity contribution in [1.29, 1.82) is 0 Å². The Hall–Kier alpha value is -2.53. The van der Waals surface area contributed by atoms with E-state index in [-0.39, 0.29) is 17.9 Å². The van der Waals surface area contributed by atoms with Crippen LogP contribution < -0.4 is 11.1 Å². The van der Waals surface area contributed by atoms with E-state index >= 15 is 0 Å². The normalized spacial score (nSPS) is 10.1. The Labute approximate surface area is 133 Å². The predicted molar refractivity (Wildman–Crippen MR) is 86.0 cm³/mol. The number of anilines is 2. The second-order valence-electron chi connectivity index (χ2n) is 4.73. The van der Waals surface area contributed by atoms with E-state index in [1.807, 2.05) is 19.1 Å². The highest BCUT2D eigenvalue weighted by atomic mass is 35.5. The molecule has 0 spiro atoms. The number of carbonyl (C=O) groups is 2. The number of hydrogen-bond acceptors (Lipinski definition) is 4. The van der Waals surface area contributed by atoms with Gasteiger partial charge in [-0.25, -0.2) is 4.79 Å². The van der Waals surface area contributed by atoms with Crippen molar-refractivity contribution in [1.82, 2.24) is 0 Å². The van der Waals surface area contributed by atoms with Crippen LogP contribution in [0.4, 0.5) is 11.4 Å². The Morgan fingerprint density at radius 3 is 2.50 bits per heavy atom. The van der Waals surface area contributed by atoms with Gasteiger partial charge < -0.3 is 15.8 Å². The molecule has 0 aromatic heterocycles. The minimum Gasteiger partial charge on any atom is -0.452 e. The van der Waals surface area contributed by atoms with E-state index in [1.165, 1.54) is 18.2 Å². The molecule has 0 radical (unpaired) electrons. The van der Waals surface area contributed by atoms with Crippen molar-refractivity contribution in [3.05, 3.63) is 58.6 Å². The van der Waals surface area contributed by atoms with Crippen LogP contribution in [0.25, 0.3) is 0 Å². The molecule has 0 saturated heterocycles. The molecule has 2 aromatic carbocycles. The fraction of sp³-hybridized carbons (Fsp3) is 0.125. The van der Waals surface area contributed by atoms with Crippen molar-refractivity contribution in [3.8, 4) is 0 Å². The molecule has 2 rings (SSSR count). The largest absolute Gasteiger partial charge is 0.452 e. The Morgan fingerprint density at radius 2 is 1.86 bits per heavy atom. The summed E-state index contributed by atoms with van der Waals surface area (Å²) in [6, 6.07) is 11.7. The third-order valence-corrected chi connectivity index (χ3v) is 3.25. The molecule has 1 amide bonds. The lowest BCUT2D eigenvalue weighted by Crippen LogP contribution is -2.21. The lowest BCUT2D eigenvalue weighted by Gasteiger charge is -2.07. The number of benzene rings is 2. The van der Waals surface area contributed by atoms with Crippen LogP contribution in [0.3, 0.4) is 0 Å². The van der Waals surface area contributed by atoms with E-state index < -0.39 is 11.9 Å². The van der Waals surface area contributed by atoms with Crippen molar-refractivity contribution >= 4 is 34.9 Å². The van der Waals surface area contributed by atoms with Crippen LogP contribution >= 0.6 is 11.6 Å². The van der Waals surface area contributed by atoms with Crippen molar-refractivity contribution in [2.45, 2.75) is 6.92 Å². The number of nitrogens with two attached hydrogens (primary N) is 1. The highest BCUT2D eigenvalue weighted by Crippen LogP contribution is 2.19. The van der Waals surface area contributed by atoms with Gasteiger partial charge in [0.1, 0.15) is 0 Å². The SMILES string of the molecule is Cc1ccc(NC(=O)COC(=O)c2ccc(Cl)c(N)c2)cc1. The van der Waals surface area contributed by atoms with Crippen LogP contribution in [0.1, 0.15) is 15.9 Å². The molecule has 0 aliphatic rings. The molecular weight excluding hydrogens is 304 g/mol. The Bertz CT molecular complexity index is 699. The van der Waals surface area contributed by atoms with Gasteiger partial charge in [-0.1, -0.05) is 29.3 Å². The number of aryl methyl sites for hydroxylation is 1. The molecule has 6 heteroatoms. The van der Waals surface area contributed by atoms with Gasteiger partial charge >= 0.3 is 5.97 Å². The van der Waals surface area contributed by atoms with E-state index in [1.54, 1.807) is 12.1 Å². The Morgan fingerprint density at radius 1 is 1.18 bits per heavy atom. The molecule has 0 heterocycles. The fourth-order valence-corrected chi connectivity index (χ4v) is 1.84. The minimum absolute atomic E-state index is 0.241. The number of ether oxygens (including phenoxy) is 1. The van der Waals surface area contributed by atoms with Crippen LogP contribution in [0.2, 0.25) is 5.02 Å². The fourth-order valence-electron chi connectivity index (χ4n) is 1.72. The number of nitrogen functional groups attached to an aromatic ring is 1. The van der Waals surface area contributed by atoms with E-state index in [4.69, 9.17) is 22.1 Å². The summed E-state index contributed by atoms with van der Waals surface area (Å²) in [7, 11) is 0. The third kappa shape index (κ3) is 4.23. The second kappa shape index (κ2) is 6.95. The van der Waals surface area contributed by atoms with Gasteiger partial charge in [-0.05, 0) is 37.3 Å². The second-order valence-corrected chi connectivity index (χ2v) is 5.13. The van der Waals surface area contributed by atoms with E-state index in [2.05, 4.69) is 5.32 Å². The van der Waals surface area contributed by atoms with Gasteiger partial charge in [0, 0.05) is 5.69 Å². The molecule has 22 heavy (non-hydrogen) atoms. The van der Waals surface area contributed by atoms with E-state index in [0.29, 0.717) is 10.7 Å². The average molecular weight is 319 g/mol. The summed E-state index contributed by atoms with van der Waals surface area (Å²) in [5.41, 5.74) is 7.86. The van der Waals surface area contributed by atoms with Gasteiger partial charge in [0.2, 0.25) is 0 Å². The summed E-state index contributed by atoms with van der Waals surface area (Å²) < 4.78 is 4.93. The molecule has 0 fully saturated rings. The van der Waals surface area contributed by atoms with E-state index in [9.17, 15) is 9.59 Å². The predicted octanol–water partition coefficient (Wildman–Crippen LogP) is 3.03. The van der Waals surface area contributed by atoms with Crippen molar-refractivity contribution in [3.63, 3.8) is 0 Å². The Kier molecular flexibility index (Phi) is 5.01. The zero-order valence-electron chi connectivity index (χ0n) is 11.9. The zero-order chi connectivity index (χ0) is 16.1. The van der Waals surface area contributed by atoms with Crippen molar-refractivity contribution in [2.24, 2.45) is 0 Å². The first-order valence-electron chi connectivity index (χ1n) is 6.54. The number of carbonyl (C=O) groups excluding carboxylic acids is 2. The smallest absolute Gasteiger partial charge is 0.338 e. The number of rotatable bonds is 4. The number of esters is 1. The maximum absolute atomic E-state index is 11.8. The number of nitrogens with one attached hydrogen (secondary N) is 1. The molecule has 0 aliphatic heterocycles. The first kappa shape index (κ1) is 15.9. The molecular formula is C16H15ClN2O3. The van der Waals surface area contributed by atoms with Gasteiger partial charge in [0.05, 0.1) is 16.3 Å². The first-order chi connectivity index (χ1) is 10.5. The van der Waals surface area contributed by atoms with Crippen LogP contribution in [0.15, 0.2) is 42.5 Å². The topological polar surface area (TPSA) is 81.4 Å². The average Bonchev–Trinajstić information content (AvgIpc) is 2.50. The molecule has 3 N–H and O–H groups in total. The summed E-state index contributed by atoms with van der Waals surface area (Å²) in [6.45, 7) is 1.57. The molecule has 5 nitrogen and oxygen atoms in total. The highest BCUT2D eigenvalue weighted by Gasteiger charge is 2.11. The van der Waals surface area contributed by atoms with E-state index in [0.717, 1.165) is 5.56 Å². The van der Waals surface area contributed by atoms with Gasteiger partial charge in [0.15, 0.2) is 6.61 Å². The summed E-state index contributed by atoms with van der Waals surface area (Å²) in [5, 5.41) is 2.99. The lowest BCUT2D eigenvalue weighted by atomic mass is 10.2. The summed E-state index contributed by atoms with van der Waals surface area (Å²) in [5.74, 6) is -1.05.